The van der Waals surface area contributed by atoms with Crippen molar-refractivity contribution < 1.29 is 23.5 Å². The average Bonchev–Trinajstić information content (AvgIpc) is 2.69. The lowest BCUT2D eigenvalue weighted by atomic mass is 10.1. The predicted molar refractivity (Wildman–Crippen MR) is 110 cm³/mol. The SMILES string of the molecule is COc1cc(F)ccc1Oc1cc(Cl)cc(Cl)c1C(=O)Nc1ccc(C(N)=O)nc1. The summed E-state index contributed by atoms with van der Waals surface area (Å²) in [6.45, 7) is 0. The third-order valence-electron chi connectivity index (χ3n) is 3.87. The highest BCUT2D eigenvalue weighted by atomic mass is 35.5. The zero-order valence-electron chi connectivity index (χ0n) is 15.4. The molecule has 0 radical (unpaired) electrons. The van der Waals surface area contributed by atoms with E-state index in [1.165, 1.54) is 49.7 Å². The number of carbonyl (C=O) groups excluding carboxylic acids is 2. The number of carbonyl (C=O) groups is 2. The number of nitrogens with two attached hydrogens (primary N) is 1. The van der Waals surface area contributed by atoms with Crippen molar-refractivity contribution in [2.45, 2.75) is 0 Å². The molecule has 30 heavy (non-hydrogen) atoms. The molecular formula is C20H14Cl2FN3O4. The van der Waals surface area contributed by atoms with Crippen LogP contribution in [-0.4, -0.2) is 23.9 Å². The van der Waals surface area contributed by atoms with Gasteiger partial charge in [-0.05, 0) is 30.3 Å². The fourth-order valence-corrected chi connectivity index (χ4v) is 3.06. The highest BCUT2D eigenvalue weighted by Gasteiger charge is 2.21. The molecule has 0 unspecified atom stereocenters. The van der Waals surface area contributed by atoms with Crippen LogP contribution in [-0.2, 0) is 0 Å². The number of aromatic nitrogens is 1. The lowest BCUT2D eigenvalue weighted by Crippen LogP contribution is -2.16. The van der Waals surface area contributed by atoms with Gasteiger partial charge in [0.2, 0.25) is 0 Å². The minimum absolute atomic E-state index is 0.0218. The summed E-state index contributed by atoms with van der Waals surface area (Å²) in [6.07, 6.45) is 1.27. The van der Waals surface area contributed by atoms with Gasteiger partial charge in [-0.1, -0.05) is 23.2 Å². The number of nitrogens with zero attached hydrogens (tertiary/aromatic N) is 1. The number of methoxy groups -OCH3 is 1. The van der Waals surface area contributed by atoms with Crippen LogP contribution in [0.1, 0.15) is 20.8 Å². The number of hydrogen-bond donors (Lipinski definition) is 2. The van der Waals surface area contributed by atoms with Crippen LogP contribution in [0.3, 0.4) is 0 Å². The number of pyridine rings is 1. The molecule has 3 aromatic rings. The molecule has 2 aromatic carbocycles. The summed E-state index contributed by atoms with van der Waals surface area (Å²) < 4.78 is 24.3. The van der Waals surface area contributed by atoms with Gasteiger partial charge in [0.15, 0.2) is 11.5 Å². The summed E-state index contributed by atoms with van der Waals surface area (Å²) in [5.41, 5.74) is 5.46. The van der Waals surface area contributed by atoms with E-state index in [0.29, 0.717) is 5.69 Å². The van der Waals surface area contributed by atoms with Gasteiger partial charge in [-0.3, -0.25) is 9.59 Å². The molecule has 3 rings (SSSR count). The van der Waals surface area contributed by atoms with Crippen molar-refractivity contribution >= 4 is 40.7 Å². The third kappa shape index (κ3) is 4.79. The van der Waals surface area contributed by atoms with E-state index in [0.717, 1.165) is 6.07 Å². The van der Waals surface area contributed by atoms with E-state index < -0.39 is 17.6 Å². The Morgan fingerprint density at radius 3 is 2.47 bits per heavy atom. The number of anilines is 1. The zero-order valence-corrected chi connectivity index (χ0v) is 16.9. The van der Waals surface area contributed by atoms with Crippen molar-refractivity contribution in [3.05, 3.63) is 75.8 Å². The van der Waals surface area contributed by atoms with E-state index in [1.807, 2.05) is 0 Å². The molecule has 10 heteroatoms. The van der Waals surface area contributed by atoms with Gasteiger partial charge in [-0.2, -0.15) is 0 Å². The molecular weight excluding hydrogens is 436 g/mol. The van der Waals surface area contributed by atoms with Crippen molar-refractivity contribution in [1.29, 1.82) is 0 Å². The van der Waals surface area contributed by atoms with Gasteiger partial charge in [-0.15, -0.1) is 0 Å². The molecule has 0 aliphatic carbocycles. The van der Waals surface area contributed by atoms with Gasteiger partial charge in [0.05, 0.1) is 24.0 Å². The Kier molecular flexibility index (Phi) is 6.39. The molecule has 7 nitrogen and oxygen atoms in total. The third-order valence-corrected chi connectivity index (χ3v) is 4.38. The first-order valence-corrected chi connectivity index (χ1v) is 9.11. The number of nitrogens with one attached hydrogen (secondary N) is 1. The van der Waals surface area contributed by atoms with E-state index in [-0.39, 0.29) is 38.6 Å². The Balaban J connectivity index is 1.94. The second-order valence-corrected chi connectivity index (χ2v) is 6.75. The van der Waals surface area contributed by atoms with Crippen LogP contribution in [0.4, 0.5) is 10.1 Å². The Bertz CT molecular complexity index is 1120. The first-order valence-electron chi connectivity index (χ1n) is 8.36. The highest BCUT2D eigenvalue weighted by molar-refractivity contribution is 6.37. The second kappa shape index (κ2) is 8.98. The Morgan fingerprint density at radius 2 is 1.83 bits per heavy atom. The Hall–Kier alpha value is -3.36. The van der Waals surface area contributed by atoms with E-state index >= 15 is 0 Å². The monoisotopic (exact) mass is 449 g/mol. The predicted octanol–water partition coefficient (Wildman–Crippen LogP) is 4.68. The first kappa shape index (κ1) is 21.4. The van der Waals surface area contributed by atoms with Crippen molar-refractivity contribution in [3.8, 4) is 17.2 Å². The average molecular weight is 450 g/mol. The molecule has 0 fully saturated rings. The second-order valence-electron chi connectivity index (χ2n) is 5.91. The van der Waals surface area contributed by atoms with Crippen molar-refractivity contribution in [3.63, 3.8) is 0 Å². The van der Waals surface area contributed by atoms with Crippen LogP contribution in [0.25, 0.3) is 0 Å². The van der Waals surface area contributed by atoms with E-state index in [2.05, 4.69) is 10.3 Å². The number of hydrogen-bond acceptors (Lipinski definition) is 5. The summed E-state index contributed by atoms with van der Waals surface area (Å²) in [7, 11) is 1.35. The topological polar surface area (TPSA) is 104 Å². The largest absolute Gasteiger partial charge is 0.493 e. The van der Waals surface area contributed by atoms with Gasteiger partial charge >= 0.3 is 0 Å². The molecule has 1 aromatic heterocycles. The molecule has 0 bridgehead atoms. The van der Waals surface area contributed by atoms with E-state index in [1.54, 1.807) is 0 Å². The van der Waals surface area contributed by atoms with Crippen molar-refractivity contribution in [1.82, 2.24) is 4.98 Å². The highest BCUT2D eigenvalue weighted by Crippen LogP contribution is 2.38. The number of amides is 2. The van der Waals surface area contributed by atoms with Gasteiger partial charge in [0, 0.05) is 17.2 Å². The van der Waals surface area contributed by atoms with Crippen molar-refractivity contribution in [2.24, 2.45) is 5.73 Å². The fourth-order valence-electron chi connectivity index (χ4n) is 2.50. The lowest BCUT2D eigenvalue weighted by molar-refractivity contribution is 0.0994. The first-order chi connectivity index (χ1) is 14.3. The van der Waals surface area contributed by atoms with Crippen LogP contribution < -0.4 is 20.5 Å². The van der Waals surface area contributed by atoms with Crippen LogP contribution in [0.15, 0.2) is 48.7 Å². The molecule has 154 valence electrons. The summed E-state index contributed by atoms with van der Waals surface area (Å²) >= 11 is 12.3. The standard InChI is InChI=1S/C20H14Cl2FN3O4/c1-29-16-8-11(23)2-5-15(16)30-17-7-10(21)6-13(22)18(17)20(28)26-12-3-4-14(19(24)27)25-9-12/h2-9H,1H3,(H2,24,27)(H,26,28). The molecule has 3 N–H and O–H groups in total. The van der Waals surface area contributed by atoms with E-state index in [4.69, 9.17) is 38.4 Å². The van der Waals surface area contributed by atoms with Crippen molar-refractivity contribution in [2.75, 3.05) is 12.4 Å². The van der Waals surface area contributed by atoms with Crippen LogP contribution in [0, 0.1) is 5.82 Å². The quantitative estimate of drug-likeness (QED) is 0.568. The molecule has 0 aliphatic heterocycles. The minimum Gasteiger partial charge on any atom is -0.493 e. The summed E-state index contributed by atoms with van der Waals surface area (Å²) in [6, 6.07) is 9.24. The maximum absolute atomic E-state index is 13.5. The molecule has 1 heterocycles. The number of halogens is 3. The van der Waals surface area contributed by atoms with Gasteiger partial charge in [-0.25, -0.2) is 9.37 Å². The van der Waals surface area contributed by atoms with Gasteiger partial charge in [0.1, 0.15) is 22.8 Å². The Morgan fingerprint density at radius 1 is 1.07 bits per heavy atom. The normalized spacial score (nSPS) is 10.4. The number of primary amides is 1. The zero-order chi connectivity index (χ0) is 21.8. The van der Waals surface area contributed by atoms with Gasteiger partial charge in [0.25, 0.3) is 11.8 Å². The molecule has 0 aliphatic rings. The van der Waals surface area contributed by atoms with Crippen LogP contribution in [0.2, 0.25) is 10.0 Å². The van der Waals surface area contributed by atoms with Crippen LogP contribution >= 0.6 is 23.2 Å². The molecule has 2 amide bonds. The number of ether oxygens (including phenoxy) is 2. The van der Waals surface area contributed by atoms with Gasteiger partial charge < -0.3 is 20.5 Å². The van der Waals surface area contributed by atoms with Crippen LogP contribution in [0.5, 0.6) is 17.2 Å². The lowest BCUT2D eigenvalue weighted by Gasteiger charge is -2.15. The molecule has 0 saturated heterocycles. The summed E-state index contributed by atoms with van der Waals surface area (Å²) in [5.74, 6) is -1.55. The molecule has 0 saturated carbocycles. The summed E-state index contributed by atoms with van der Waals surface area (Å²) in [5, 5.41) is 2.84. The molecule has 0 spiro atoms. The minimum atomic E-state index is -0.697. The number of rotatable bonds is 6. The molecule has 0 atom stereocenters. The Labute approximate surface area is 180 Å². The summed E-state index contributed by atoms with van der Waals surface area (Å²) in [4.78, 5) is 27.8. The smallest absolute Gasteiger partial charge is 0.267 e. The maximum Gasteiger partial charge on any atom is 0.267 e. The number of benzene rings is 2. The van der Waals surface area contributed by atoms with E-state index in [9.17, 15) is 14.0 Å². The maximum atomic E-state index is 13.5. The fraction of sp³-hybridized carbons (Fsp3) is 0.0500.